The van der Waals surface area contributed by atoms with Crippen LogP contribution in [0, 0.1) is 50.7 Å². The van der Waals surface area contributed by atoms with Crippen LogP contribution < -0.4 is 0 Å². The van der Waals surface area contributed by atoms with Gasteiger partial charge in [-0.25, -0.2) is 0 Å². The van der Waals surface area contributed by atoms with Gasteiger partial charge in [-0.15, -0.1) is 10.2 Å². The zero-order valence-corrected chi connectivity index (χ0v) is 34.9. The van der Waals surface area contributed by atoms with E-state index in [1.165, 1.54) is 5.57 Å². The molecule has 9 heteroatoms. The Bertz CT molecular complexity index is 1880. The number of nitrogens with zero attached hydrogens (tertiary/aromatic N) is 2. The van der Waals surface area contributed by atoms with Crippen molar-refractivity contribution >= 4 is 29.3 Å². The number of aromatic nitrogens is 2. The number of carboxylic acid groups (broad SMARTS) is 1. The fourth-order valence-corrected chi connectivity index (χ4v) is 13.3. The van der Waals surface area contributed by atoms with E-state index in [2.05, 4.69) is 60.5 Å². The quantitative estimate of drug-likeness (QED) is 0.264. The monoisotopic (exact) mass is 760 g/mol. The molecule has 5 aliphatic carbocycles. The molecule has 1 aromatic carbocycles. The van der Waals surface area contributed by atoms with Gasteiger partial charge in [0.05, 0.1) is 23.2 Å². The molecule has 7 rings (SSSR count). The number of hydrogen-bond donors (Lipinski definition) is 1. The van der Waals surface area contributed by atoms with Crippen molar-refractivity contribution in [1.29, 1.82) is 0 Å². The molecule has 1 N–H and O–H groups in total. The maximum absolute atomic E-state index is 14.2. The number of rotatable bonds is 8. The van der Waals surface area contributed by atoms with Crippen molar-refractivity contribution in [3.05, 3.63) is 57.8 Å². The van der Waals surface area contributed by atoms with E-state index in [-0.39, 0.29) is 57.7 Å². The largest absolute Gasteiger partial charge is 0.481 e. The molecule has 1 aromatic heterocycles. The fraction of sp³-hybridized carbons (Fsp3) is 0.711. The third-order valence-corrected chi connectivity index (χ3v) is 16.7. The molecular weight excluding hydrogens is 700 g/mol. The van der Waals surface area contributed by atoms with Crippen LogP contribution in [0.2, 0.25) is 5.02 Å². The summed E-state index contributed by atoms with van der Waals surface area (Å²) in [5.74, 6) is 1.07. The lowest BCUT2D eigenvalue weighted by molar-refractivity contribution is -0.232. The van der Waals surface area contributed by atoms with Gasteiger partial charge in [-0.3, -0.25) is 14.4 Å². The van der Waals surface area contributed by atoms with Crippen LogP contribution in [0.25, 0.3) is 0 Å². The number of benzene rings is 1. The number of esters is 1. The predicted octanol–water partition coefficient (Wildman–Crippen LogP) is 10.5. The van der Waals surface area contributed by atoms with Crippen LogP contribution in [-0.4, -0.2) is 39.1 Å². The Hall–Kier alpha value is -3.00. The number of allylic oxidation sites excluding steroid dienone is 2. The number of ketones is 1. The Morgan fingerprint density at radius 1 is 0.926 bits per heavy atom. The van der Waals surface area contributed by atoms with E-state index in [9.17, 15) is 19.5 Å². The number of hydrogen-bond acceptors (Lipinski definition) is 7. The van der Waals surface area contributed by atoms with Gasteiger partial charge in [-0.05, 0) is 141 Å². The second-order valence-corrected chi connectivity index (χ2v) is 20.6. The van der Waals surface area contributed by atoms with E-state index >= 15 is 0 Å². The smallest absolute Gasteiger partial charge is 0.309 e. The number of carbonyl (C=O) groups is 3. The molecule has 9 atom stereocenters. The van der Waals surface area contributed by atoms with E-state index < -0.39 is 22.8 Å². The first-order chi connectivity index (χ1) is 25.1. The summed E-state index contributed by atoms with van der Waals surface area (Å²) in [6.45, 7) is 21.7. The van der Waals surface area contributed by atoms with E-state index in [1.807, 2.05) is 24.3 Å². The molecule has 0 spiro atoms. The van der Waals surface area contributed by atoms with Gasteiger partial charge in [0.1, 0.15) is 6.10 Å². The Labute approximate surface area is 326 Å². The van der Waals surface area contributed by atoms with Crippen molar-refractivity contribution in [2.75, 3.05) is 0 Å². The van der Waals surface area contributed by atoms with Gasteiger partial charge in [-0.2, -0.15) is 0 Å². The Kier molecular flexibility index (Phi) is 9.47. The first-order valence-electron chi connectivity index (χ1n) is 20.4. The first-order valence-corrected chi connectivity index (χ1v) is 20.8. The van der Waals surface area contributed by atoms with E-state index in [1.54, 1.807) is 13.8 Å². The highest BCUT2D eigenvalue weighted by Gasteiger charge is 2.71. The maximum atomic E-state index is 14.2. The normalized spacial score (nSPS) is 36.6. The van der Waals surface area contributed by atoms with Crippen LogP contribution in [0.4, 0.5) is 0 Å². The molecule has 0 saturated heterocycles. The Morgan fingerprint density at radius 2 is 1.61 bits per heavy atom. The van der Waals surface area contributed by atoms with E-state index in [0.717, 1.165) is 62.5 Å². The number of fused-ring (bicyclic) bond motifs is 7. The fourth-order valence-electron chi connectivity index (χ4n) is 13.2. The predicted molar refractivity (Wildman–Crippen MR) is 208 cm³/mol. The van der Waals surface area contributed by atoms with Gasteiger partial charge in [0.15, 0.2) is 5.78 Å². The maximum Gasteiger partial charge on any atom is 0.309 e. The zero-order valence-electron chi connectivity index (χ0n) is 34.1. The number of ether oxygens (including phenoxy) is 1. The van der Waals surface area contributed by atoms with Gasteiger partial charge in [-0.1, -0.05) is 72.2 Å². The lowest BCUT2D eigenvalue weighted by Gasteiger charge is -2.72. The number of carboxylic acids is 1. The number of carbonyl (C=O) groups excluding carboxylic acids is 2. The van der Waals surface area contributed by atoms with Crippen LogP contribution in [0.1, 0.15) is 157 Å². The summed E-state index contributed by atoms with van der Waals surface area (Å²) in [5, 5.41) is 19.7. The van der Waals surface area contributed by atoms with Crippen LogP contribution in [0.15, 0.2) is 39.8 Å². The van der Waals surface area contributed by atoms with Gasteiger partial charge in [0.25, 0.3) is 0 Å². The minimum atomic E-state index is -1.17. The molecule has 0 radical (unpaired) electrons. The summed E-state index contributed by atoms with van der Waals surface area (Å²) in [6, 6.07) is 7.77. The second kappa shape index (κ2) is 13.0. The topological polar surface area (TPSA) is 120 Å². The second-order valence-electron chi connectivity index (χ2n) is 20.2. The highest BCUT2D eigenvalue weighted by Crippen LogP contribution is 2.76. The molecule has 1 heterocycles. The van der Waals surface area contributed by atoms with Gasteiger partial charge in [0, 0.05) is 16.9 Å². The van der Waals surface area contributed by atoms with Gasteiger partial charge >= 0.3 is 11.9 Å². The van der Waals surface area contributed by atoms with Crippen molar-refractivity contribution < 1.29 is 28.6 Å². The summed E-state index contributed by atoms with van der Waals surface area (Å²) in [7, 11) is 0. The molecule has 0 bridgehead atoms. The molecule has 4 saturated carbocycles. The van der Waals surface area contributed by atoms with Crippen molar-refractivity contribution in [1.82, 2.24) is 10.2 Å². The number of halogens is 1. The average molecular weight is 761 g/mol. The molecule has 0 aliphatic heterocycles. The SMILES string of the molecule is CC(C)C1=C2C3CC[C@@H]4[C@@]5(C)CC[C@H](OC(=O)CC(C)(C)C(=O)O)C(C)(C)C5CC[C@@]4(C)[C@]3(C)CC[C@@]2(c2nnc([C@H](C)c3ccc(Cl)cc3)o2)CC1=O. The minimum Gasteiger partial charge on any atom is -0.481 e. The summed E-state index contributed by atoms with van der Waals surface area (Å²) >= 11 is 6.18. The van der Waals surface area contributed by atoms with Crippen LogP contribution in [-0.2, 0) is 24.5 Å². The van der Waals surface area contributed by atoms with E-state index in [0.29, 0.717) is 35.1 Å². The minimum absolute atomic E-state index is 0.0250. The van der Waals surface area contributed by atoms with Crippen LogP contribution >= 0.6 is 11.6 Å². The molecule has 4 fully saturated rings. The highest BCUT2D eigenvalue weighted by atomic mass is 35.5. The standard InChI is InChI=1S/C45H61ClN2O6/c1-25(2)35-30(49)23-45(38-48-47-37(54-38)26(3)27-11-13-28(46)14-12-27)22-21-43(9)29(36(35)45)15-16-32-42(8)19-18-33(53-34(50)24-40(4,5)39(51)52)41(6,7)31(42)17-20-44(32,43)10/h11-14,25-26,29,31-33H,15-24H2,1-10H3,(H,51,52)/t26-,29?,31?,32-,33+,42+,43-,44-,45-/m1/s1. The summed E-state index contributed by atoms with van der Waals surface area (Å²) < 4.78 is 12.9. The van der Waals surface area contributed by atoms with Crippen molar-refractivity contribution in [3.63, 3.8) is 0 Å². The van der Waals surface area contributed by atoms with Gasteiger partial charge in [0.2, 0.25) is 11.8 Å². The summed E-state index contributed by atoms with van der Waals surface area (Å²) in [4.78, 5) is 39.1. The Balaban J connectivity index is 1.20. The lowest BCUT2D eigenvalue weighted by Crippen LogP contribution is -2.66. The Morgan fingerprint density at radius 3 is 2.26 bits per heavy atom. The summed E-state index contributed by atoms with van der Waals surface area (Å²) in [6.07, 6.45) is 7.79. The van der Waals surface area contributed by atoms with Crippen molar-refractivity contribution in [3.8, 4) is 0 Å². The molecule has 0 amide bonds. The molecule has 8 nitrogen and oxygen atoms in total. The van der Waals surface area contributed by atoms with Crippen LogP contribution in [0.5, 0.6) is 0 Å². The lowest BCUT2D eigenvalue weighted by atomic mass is 9.33. The summed E-state index contributed by atoms with van der Waals surface area (Å²) in [5.41, 5.74) is 1.42. The first kappa shape index (κ1) is 39.2. The third-order valence-electron chi connectivity index (χ3n) is 16.4. The van der Waals surface area contributed by atoms with Crippen LogP contribution in [0.3, 0.4) is 0 Å². The van der Waals surface area contributed by atoms with E-state index in [4.69, 9.17) is 25.9 Å². The molecule has 54 heavy (non-hydrogen) atoms. The number of aliphatic carboxylic acids is 1. The average Bonchev–Trinajstić information content (AvgIpc) is 3.70. The van der Waals surface area contributed by atoms with Gasteiger partial charge < -0.3 is 14.3 Å². The van der Waals surface area contributed by atoms with Crippen molar-refractivity contribution in [2.45, 2.75) is 151 Å². The molecule has 294 valence electrons. The number of Topliss-reactive ketones (excluding diaryl/α,β-unsaturated/α-hetero) is 1. The third kappa shape index (κ3) is 5.68. The molecule has 2 unspecified atom stereocenters. The molecule has 5 aliphatic rings. The van der Waals surface area contributed by atoms with Crippen molar-refractivity contribution in [2.24, 2.45) is 50.7 Å². The molecule has 2 aromatic rings. The highest BCUT2D eigenvalue weighted by molar-refractivity contribution is 6.30. The zero-order chi connectivity index (χ0) is 39.4. The molecular formula is C45H61ClN2O6.